The van der Waals surface area contributed by atoms with Crippen LogP contribution in [0.5, 0.6) is 0 Å². The molecule has 0 aliphatic rings. The third-order valence-corrected chi connectivity index (χ3v) is 4.32. The summed E-state index contributed by atoms with van der Waals surface area (Å²) in [6.07, 6.45) is 4.78. The average Bonchev–Trinajstić information content (AvgIpc) is 3.33. The Labute approximate surface area is 180 Å². The zero-order valence-corrected chi connectivity index (χ0v) is 16.8. The van der Waals surface area contributed by atoms with Gasteiger partial charge in [-0.3, -0.25) is 14.4 Å². The van der Waals surface area contributed by atoms with Crippen molar-refractivity contribution < 1.29 is 18.8 Å². The van der Waals surface area contributed by atoms with E-state index >= 15 is 0 Å². The lowest BCUT2D eigenvalue weighted by atomic mass is 10.2. The summed E-state index contributed by atoms with van der Waals surface area (Å²) in [5.41, 5.74) is 2.45. The molecule has 0 spiro atoms. The van der Waals surface area contributed by atoms with Gasteiger partial charge < -0.3 is 20.4 Å². The smallest absolute Gasteiger partial charge is 0.291 e. The number of anilines is 1. The highest BCUT2D eigenvalue weighted by Gasteiger charge is 2.08. The van der Waals surface area contributed by atoms with Gasteiger partial charge in [-0.25, -0.2) is 0 Å². The minimum Gasteiger partial charge on any atom is -0.459 e. The summed E-state index contributed by atoms with van der Waals surface area (Å²) in [4.78, 5) is 35.7. The van der Waals surface area contributed by atoms with Gasteiger partial charge in [0.15, 0.2) is 5.76 Å². The summed E-state index contributed by atoms with van der Waals surface area (Å²) >= 11 is 0. The Bertz CT molecular complexity index is 1030. The summed E-state index contributed by atoms with van der Waals surface area (Å²) in [6, 6.07) is 19.9. The highest BCUT2D eigenvalue weighted by atomic mass is 16.3. The molecule has 0 fully saturated rings. The molecule has 1 aromatic heterocycles. The van der Waals surface area contributed by atoms with E-state index in [2.05, 4.69) is 16.0 Å². The molecule has 0 radical (unpaired) electrons. The van der Waals surface area contributed by atoms with Gasteiger partial charge in [-0.15, -0.1) is 0 Å². The zero-order chi connectivity index (χ0) is 21.9. The van der Waals surface area contributed by atoms with Crippen LogP contribution < -0.4 is 16.0 Å². The molecule has 7 nitrogen and oxygen atoms in total. The first-order chi connectivity index (χ1) is 15.1. The van der Waals surface area contributed by atoms with Crippen LogP contribution in [0.1, 0.15) is 28.1 Å². The summed E-state index contributed by atoms with van der Waals surface area (Å²) < 4.78 is 5.05. The number of furan rings is 1. The second kappa shape index (κ2) is 11.2. The van der Waals surface area contributed by atoms with E-state index in [1.807, 2.05) is 42.5 Å². The van der Waals surface area contributed by atoms with Crippen molar-refractivity contribution in [3.8, 4) is 0 Å². The van der Waals surface area contributed by atoms with Gasteiger partial charge >= 0.3 is 0 Å². The monoisotopic (exact) mass is 417 g/mol. The molecule has 3 amide bonds. The Morgan fingerprint density at radius 3 is 2.35 bits per heavy atom. The summed E-state index contributed by atoms with van der Waals surface area (Å²) in [5, 5.41) is 8.22. The number of carbonyl (C=O) groups excluding carboxylic acids is 3. The highest BCUT2D eigenvalue weighted by Crippen LogP contribution is 2.12. The van der Waals surface area contributed by atoms with Crippen LogP contribution >= 0.6 is 0 Å². The lowest BCUT2D eigenvalue weighted by Gasteiger charge is -2.08. The Morgan fingerprint density at radius 1 is 0.871 bits per heavy atom. The van der Waals surface area contributed by atoms with Gasteiger partial charge in [0.2, 0.25) is 11.8 Å². The fourth-order valence-electron chi connectivity index (χ4n) is 2.69. The molecular weight excluding hydrogens is 394 g/mol. The van der Waals surface area contributed by atoms with Crippen molar-refractivity contribution >= 4 is 29.5 Å². The predicted molar refractivity (Wildman–Crippen MR) is 118 cm³/mol. The molecule has 0 unspecified atom stereocenters. The van der Waals surface area contributed by atoms with Gasteiger partial charge in [-0.05, 0) is 41.5 Å². The van der Waals surface area contributed by atoms with E-state index in [0.29, 0.717) is 12.2 Å². The molecule has 0 aliphatic heterocycles. The van der Waals surface area contributed by atoms with Crippen LogP contribution in [0.3, 0.4) is 0 Å². The standard InChI is InChI=1S/C24H23N3O4/c28-22(13-10-18-5-2-1-3-6-18)25-15-14-23(29)26-17-19-8-11-20(12-9-19)27-24(30)21-7-4-16-31-21/h1-13,16H,14-15,17H2,(H,25,28)(H,26,29)(H,27,30)/b13-10-. The Balaban J connectivity index is 1.34. The molecule has 2 aromatic carbocycles. The fourth-order valence-corrected chi connectivity index (χ4v) is 2.69. The maximum atomic E-state index is 12.0. The van der Waals surface area contributed by atoms with Crippen molar-refractivity contribution in [3.05, 3.63) is 96.0 Å². The van der Waals surface area contributed by atoms with E-state index < -0.39 is 0 Å². The number of nitrogens with one attached hydrogen (secondary N) is 3. The van der Waals surface area contributed by atoms with Crippen molar-refractivity contribution in [3.63, 3.8) is 0 Å². The Morgan fingerprint density at radius 2 is 1.65 bits per heavy atom. The number of benzene rings is 2. The van der Waals surface area contributed by atoms with Crippen molar-refractivity contribution in [2.24, 2.45) is 0 Å². The van der Waals surface area contributed by atoms with Crippen LogP contribution in [-0.2, 0) is 16.1 Å². The largest absolute Gasteiger partial charge is 0.459 e. The van der Waals surface area contributed by atoms with Crippen molar-refractivity contribution in [1.82, 2.24) is 10.6 Å². The van der Waals surface area contributed by atoms with Crippen LogP contribution in [0, 0.1) is 0 Å². The van der Waals surface area contributed by atoms with Crippen molar-refractivity contribution in [2.75, 3.05) is 11.9 Å². The second-order valence-corrected chi connectivity index (χ2v) is 6.69. The molecule has 0 saturated carbocycles. The quantitative estimate of drug-likeness (QED) is 0.465. The van der Waals surface area contributed by atoms with Crippen molar-refractivity contribution in [1.29, 1.82) is 0 Å². The molecule has 31 heavy (non-hydrogen) atoms. The number of amides is 3. The normalized spacial score (nSPS) is 10.6. The van der Waals surface area contributed by atoms with Gasteiger partial charge in [0.05, 0.1) is 6.26 Å². The fraction of sp³-hybridized carbons (Fsp3) is 0.125. The number of rotatable bonds is 9. The van der Waals surface area contributed by atoms with Crippen LogP contribution in [0.2, 0.25) is 0 Å². The lowest BCUT2D eigenvalue weighted by molar-refractivity contribution is -0.121. The molecule has 0 atom stereocenters. The van der Waals surface area contributed by atoms with Gasteiger partial charge in [-0.1, -0.05) is 42.5 Å². The molecule has 1 heterocycles. The van der Waals surface area contributed by atoms with Crippen LogP contribution in [0.15, 0.2) is 83.5 Å². The van der Waals surface area contributed by atoms with E-state index in [1.54, 1.807) is 30.3 Å². The second-order valence-electron chi connectivity index (χ2n) is 6.69. The van der Waals surface area contributed by atoms with Gasteiger partial charge in [0, 0.05) is 31.3 Å². The Kier molecular flexibility index (Phi) is 7.77. The van der Waals surface area contributed by atoms with E-state index in [9.17, 15) is 14.4 Å². The molecule has 3 N–H and O–H groups in total. The van der Waals surface area contributed by atoms with Crippen molar-refractivity contribution in [2.45, 2.75) is 13.0 Å². The molecule has 3 rings (SSSR count). The predicted octanol–water partition coefficient (Wildman–Crippen LogP) is 3.37. The first kappa shape index (κ1) is 21.6. The number of hydrogen-bond acceptors (Lipinski definition) is 4. The van der Waals surface area contributed by atoms with E-state index in [1.165, 1.54) is 12.3 Å². The molecule has 0 bridgehead atoms. The van der Waals surface area contributed by atoms with E-state index in [-0.39, 0.29) is 36.4 Å². The molecule has 0 saturated heterocycles. The SMILES string of the molecule is O=C(/C=C\c1ccccc1)NCCC(=O)NCc1ccc(NC(=O)c2ccco2)cc1. The molecule has 0 aliphatic carbocycles. The average molecular weight is 417 g/mol. The summed E-state index contributed by atoms with van der Waals surface area (Å²) in [6.45, 7) is 0.606. The molecular formula is C24H23N3O4. The zero-order valence-electron chi connectivity index (χ0n) is 16.8. The molecule has 7 heteroatoms. The highest BCUT2D eigenvalue weighted by molar-refractivity contribution is 6.02. The number of carbonyl (C=O) groups is 3. The maximum Gasteiger partial charge on any atom is 0.291 e. The third-order valence-electron chi connectivity index (χ3n) is 4.32. The van der Waals surface area contributed by atoms with Gasteiger partial charge in [0.1, 0.15) is 0 Å². The topological polar surface area (TPSA) is 100 Å². The lowest BCUT2D eigenvalue weighted by Crippen LogP contribution is -2.29. The first-order valence-corrected chi connectivity index (χ1v) is 9.81. The van der Waals surface area contributed by atoms with Crippen LogP contribution in [0.25, 0.3) is 6.08 Å². The van der Waals surface area contributed by atoms with E-state index in [0.717, 1.165) is 11.1 Å². The minimum absolute atomic E-state index is 0.164. The summed E-state index contributed by atoms with van der Waals surface area (Å²) in [5.74, 6) is -0.503. The van der Waals surface area contributed by atoms with E-state index in [4.69, 9.17) is 4.42 Å². The van der Waals surface area contributed by atoms with Gasteiger partial charge in [-0.2, -0.15) is 0 Å². The number of hydrogen-bond donors (Lipinski definition) is 3. The third kappa shape index (κ3) is 7.32. The minimum atomic E-state index is -0.327. The van der Waals surface area contributed by atoms with Crippen LogP contribution in [-0.4, -0.2) is 24.3 Å². The van der Waals surface area contributed by atoms with Gasteiger partial charge in [0.25, 0.3) is 5.91 Å². The Hall–Kier alpha value is -4.13. The maximum absolute atomic E-state index is 12.0. The van der Waals surface area contributed by atoms with Crippen LogP contribution in [0.4, 0.5) is 5.69 Å². The molecule has 158 valence electrons. The first-order valence-electron chi connectivity index (χ1n) is 9.81. The summed E-state index contributed by atoms with van der Waals surface area (Å²) in [7, 11) is 0. The molecule has 3 aromatic rings.